The molecule has 0 bridgehead atoms. The molecule has 1 aromatic rings. The molecule has 1 aliphatic carbocycles. The fraction of sp³-hybridized carbons (Fsp3) is 0.583. The predicted molar refractivity (Wildman–Crippen MR) is 113 cm³/mol. The molecule has 0 saturated carbocycles. The van der Waals surface area contributed by atoms with Crippen molar-refractivity contribution in [2.45, 2.75) is 58.3 Å². The van der Waals surface area contributed by atoms with Crippen molar-refractivity contribution in [3.05, 3.63) is 47.0 Å². The number of rotatable bonds is 3. The molecule has 4 rings (SSSR count). The van der Waals surface area contributed by atoms with Crippen molar-refractivity contribution in [2.24, 2.45) is 16.3 Å². The van der Waals surface area contributed by atoms with Crippen molar-refractivity contribution in [1.82, 2.24) is 4.90 Å². The number of hydrogen-bond donors (Lipinski definition) is 0. The second-order valence-corrected chi connectivity index (χ2v) is 9.13. The Bertz CT molecular complexity index is 901. The highest BCUT2D eigenvalue weighted by Gasteiger charge is 2.46. The van der Waals surface area contributed by atoms with Crippen LogP contribution in [0.5, 0.6) is 0 Å². The van der Waals surface area contributed by atoms with Gasteiger partial charge in [0.2, 0.25) is 5.91 Å². The van der Waals surface area contributed by atoms with Crippen LogP contribution in [0.25, 0.3) is 0 Å². The van der Waals surface area contributed by atoms with Crippen LogP contribution in [0.2, 0.25) is 0 Å². The van der Waals surface area contributed by atoms with Crippen LogP contribution < -0.4 is 0 Å². The third kappa shape index (κ3) is 4.43. The van der Waals surface area contributed by atoms with E-state index in [1.54, 1.807) is 11.0 Å². The van der Waals surface area contributed by atoms with E-state index in [1.807, 2.05) is 26.0 Å². The van der Waals surface area contributed by atoms with E-state index in [-0.39, 0.29) is 24.4 Å². The maximum atomic E-state index is 13.7. The van der Waals surface area contributed by atoms with Crippen molar-refractivity contribution in [2.75, 3.05) is 19.8 Å². The highest BCUT2D eigenvalue weighted by Crippen LogP contribution is 2.42. The lowest BCUT2D eigenvalue weighted by Gasteiger charge is -2.38. The topological polar surface area (TPSA) is 41.9 Å². The number of amides is 1. The number of alkyl halides is 3. The maximum absolute atomic E-state index is 13.7. The number of carbonyl (C=O) groups excluding carboxylic acids is 1. The van der Waals surface area contributed by atoms with E-state index >= 15 is 0 Å². The Labute approximate surface area is 181 Å². The van der Waals surface area contributed by atoms with Crippen molar-refractivity contribution < 1.29 is 22.7 Å². The lowest BCUT2D eigenvalue weighted by Crippen LogP contribution is -2.47. The molecule has 1 aromatic carbocycles. The van der Waals surface area contributed by atoms with Crippen molar-refractivity contribution >= 4 is 11.6 Å². The van der Waals surface area contributed by atoms with Gasteiger partial charge in [0.25, 0.3) is 0 Å². The van der Waals surface area contributed by atoms with Gasteiger partial charge in [0.05, 0.1) is 17.0 Å². The normalized spacial score (nSPS) is 26.0. The van der Waals surface area contributed by atoms with Crippen molar-refractivity contribution in [3.63, 3.8) is 0 Å². The Morgan fingerprint density at radius 2 is 1.97 bits per heavy atom. The predicted octanol–water partition coefficient (Wildman–Crippen LogP) is 4.81. The smallest absolute Gasteiger partial charge is 0.381 e. The van der Waals surface area contributed by atoms with Gasteiger partial charge < -0.3 is 9.64 Å². The van der Waals surface area contributed by atoms with Crippen LogP contribution in [0, 0.1) is 11.3 Å². The first-order chi connectivity index (χ1) is 14.7. The quantitative estimate of drug-likeness (QED) is 0.685. The van der Waals surface area contributed by atoms with E-state index in [2.05, 4.69) is 0 Å². The molecule has 2 heterocycles. The third-order valence-electron chi connectivity index (χ3n) is 6.85. The number of hydrogen-bond acceptors (Lipinski definition) is 3. The number of benzene rings is 1. The van der Waals surface area contributed by atoms with Crippen LogP contribution >= 0.6 is 0 Å². The Balaban J connectivity index is 1.54. The lowest BCUT2D eigenvalue weighted by molar-refractivity contribution is -0.142. The second kappa shape index (κ2) is 8.41. The molecule has 1 amide bonds. The Morgan fingerprint density at radius 1 is 1.23 bits per heavy atom. The molecule has 2 aliphatic heterocycles. The molecular formula is C24H29F3N2O2. The average Bonchev–Trinajstić information content (AvgIpc) is 3.17. The third-order valence-corrected chi connectivity index (χ3v) is 6.85. The molecule has 31 heavy (non-hydrogen) atoms. The van der Waals surface area contributed by atoms with Gasteiger partial charge in [-0.05, 0) is 54.5 Å². The molecule has 4 nitrogen and oxygen atoms in total. The maximum Gasteiger partial charge on any atom is 0.416 e. The first kappa shape index (κ1) is 22.1. The summed E-state index contributed by atoms with van der Waals surface area (Å²) in [6, 6.07) is 4.10. The fourth-order valence-corrected chi connectivity index (χ4v) is 4.79. The molecule has 1 saturated heterocycles. The summed E-state index contributed by atoms with van der Waals surface area (Å²) < 4.78 is 44.9. The Morgan fingerprint density at radius 3 is 2.65 bits per heavy atom. The van der Waals surface area contributed by atoms with Crippen LogP contribution in [0.1, 0.15) is 49.8 Å². The molecule has 0 spiro atoms. The van der Waals surface area contributed by atoms with E-state index < -0.39 is 17.2 Å². The monoisotopic (exact) mass is 434 g/mol. The number of nitrogens with zero attached hydrogens (tertiary/aromatic N) is 2. The largest absolute Gasteiger partial charge is 0.416 e. The second-order valence-electron chi connectivity index (χ2n) is 9.13. The summed E-state index contributed by atoms with van der Waals surface area (Å²) in [5.41, 5.74) is 1.06. The summed E-state index contributed by atoms with van der Waals surface area (Å²) >= 11 is 0. The van der Waals surface area contributed by atoms with Gasteiger partial charge in [-0.15, -0.1) is 0 Å². The summed E-state index contributed by atoms with van der Waals surface area (Å²) in [7, 11) is 0. The van der Waals surface area contributed by atoms with Gasteiger partial charge in [-0.1, -0.05) is 26.0 Å². The first-order valence-electron chi connectivity index (χ1n) is 11.0. The molecule has 7 heteroatoms. The van der Waals surface area contributed by atoms with Gasteiger partial charge in [-0.25, -0.2) is 0 Å². The zero-order valence-corrected chi connectivity index (χ0v) is 18.0. The van der Waals surface area contributed by atoms with Gasteiger partial charge >= 0.3 is 6.18 Å². The Kier molecular flexibility index (Phi) is 5.99. The van der Waals surface area contributed by atoms with E-state index in [4.69, 9.17) is 9.73 Å². The number of halogens is 3. The summed E-state index contributed by atoms with van der Waals surface area (Å²) in [4.78, 5) is 20.3. The highest BCUT2D eigenvalue weighted by molar-refractivity contribution is 6.04. The van der Waals surface area contributed by atoms with E-state index in [0.717, 1.165) is 30.2 Å². The molecular weight excluding hydrogens is 405 g/mol. The number of aliphatic imine (C=N–C) groups is 1. The summed E-state index contributed by atoms with van der Waals surface area (Å²) in [5, 5.41) is 0. The molecule has 1 fully saturated rings. The number of carbonyl (C=O) groups is 1. The average molecular weight is 435 g/mol. The van der Waals surface area contributed by atoms with Gasteiger partial charge in [-0.3, -0.25) is 9.79 Å². The van der Waals surface area contributed by atoms with Crippen LogP contribution in [-0.4, -0.2) is 42.3 Å². The van der Waals surface area contributed by atoms with E-state index in [9.17, 15) is 18.0 Å². The fourth-order valence-electron chi connectivity index (χ4n) is 4.79. The minimum absolute atomic E-state index is 0.0148. The number of ether oxygens (including phenoxy) is 1. The van der Waals surface area contributed by atoms with E-state index in [0.29, 0.717) is 38.2 Å². The SMILES string of the molecule is CC(C)[C@]1(C(=O)N2CCc3ccc(C(F)(F)F)cc3C2)C=CC(=NC2CCOCC2)C1. The van der Waals surface area contributed by atoms with Crippen LogP contribution in [-0.2, 0) is 28.7 Å². The zero-order chi connectivity index (χ0) is 22.2. The molecule has 0 radical (unpaired) electrons. The number of allylic oxidation sites excluding steroid dienone is 1. The van der Waals surface area contributed by atoms with Crippen LogP contribution in [0.15, 0.2) is 35.3 Å². The van der Waals surface area contributed by atoms with Crippen LogP contribution in [0.4, 0.5) is 13.2 Å². The number of fused-ring (bicyclic) bond motifs is 1. The first-order valence-corrected chi connectivity index (χ1v) is 11.0. The van der Waals surface area contributed by atoms with Gasteiger partial charge in [0.15, 0.2) is 0 Å². The van der Waals surface area contributed by atoms with Crippen molar-refractivity contribution in [1.29, 1.82) is 0 Å². The van der Waals surface area contributed by atoms with E-state index in [1.165, 1.54) is 6.07 Å². The molecule has 3 aliphatic rings. The summed E-state index contributed by atoms with van der Waals surface area (Å²) in [6.45, 7) is 6.22. The standard InChI is InChI=1S/C24H29F3N2O2/c1-16(2)23(9-5-21(14-23)28-20-7-11-31-12-8-20)22(30)29-10-6-17-3-4-19(24(25,26)27)13-18(17)15-29/h3-5,9,13,16,20H,6-8,10-12,14-15H2,1-2H3/t23-/m0/s1. The van der Waals surface area contributed by atoms with Gasteiger partial charge in [0, 0.05) is 38.4 Å². The molecule has 1 atom stereocenters. The van der Waals surface area contributed by atoms with Gasteiger partial charge in [-0.2, -0.15) is 13.2 Å². The summed E-state index contributed by atoms with van der Waals surface area (Å²) in [6.07, 6.45) is 2.46. The lowest BCUT2D eigenvalue weighted by atomic mass is 9.75. The van der Waals surface area contributed by atoms with Crippen molar-refractivity contribution in [3.8, 4) is 0 Å². The molecule has 0 unspecified atom stereocenters. The van der Waals surface area contributed by atoms with Crippen LogP contribution in [0.3, 0.4) is 0 Å². The molecule has 0 aromatic heterocycles. The highest BCUT2D eigenvalue weighted by atomic mass is 19.4. The zero-order valence-electron chi connectivity index (χ0n) is 18.0. The molecule has 0 N–H and O–H groups in total. The Hall–Kier alpha value is -2.15. The van der Waals surface area contributed by atoms with Gasteiger partial charge in [0.1, 0.15) is 0 Å². The minimum atomic E-state index is -4.38. The molecule has 168 valence electrons. The summed E-state index contributed by atoms with van der Waals surface area (Å²) in [5.74, 6) is 0.0422. The minimum Gasteiger partial charge on any atom is -0.381 e.